The van der Waals surface area contributed by atoms with Crippen molar-refractivity contribution in [2.24, 2.45) is 0 Å². The lowest BCUT2D eigenvalue weighted by Gasteiger charge is -2.18. The Bertz CT molecular complexity index is 671. The zero-order chi connectivity index (χ0) is 14.3. The summed E-state index contributed by atoms with van der Waals surface area (Å²) >= 11 is 5.81. The van der Waals surface area contributed by atoms with Crippen molar-refractivity contribution in [3.63, 3.8) is 0 Å². The van der Waals surface area contributed by atoms with E-state index in [1.807, 2.05) is 19.1 Å². The molecule has 0 saturated heterocycles. The van der Waals surface area contributed by atoms with E-state index in [9.17, 15) is 0 Å². The van der Waals surface area contributed by atoms with E-state index in [1.165, 1.54) is 0 Å². The predicted molar refractivity (Wildman–Crippen MR) is 76.7 cm³/mol. The molecule has 5 heteroatoms. The largest absolute Gasteiger partial charge is 0.483 e. The molecule has 104 valence electrons. The molecule has 1 aliphatic heterocycles. The molecule has 4 nitrogen and oxygen atoms in total. The highest BCUT2D eigenvalue weighted by Crippen LogP contribution is 2.43. The van der Waals surface area contributed by atoms with Crippen LogP contribution in [0.2, 0.25) is 5.28 Å². The molecule has 2 heterocycles. The van der Waals surface area contributed by atoms with Gasteiger partial charge in [0.2, 0.25) is 11.2 Å². The Balaban J connectivity index is 1.97. The highest BCUT2D eigenvalue weighted by atomic mass is 35.5. The first-order valence-corrected chi connectivity index (χ1v) is 6.80. The standard InChI is InChI=1S/C15H15ClN2O2/c1-9-8-17-14(16)18-13(9)19-11-6-4-5-10-7-15(2,3)20-12(10)11/h4-6,8H,7H2,1-3H3. The van der Waals surface area contributed by atoms with Crippen molar-refractivity contribution >= 4 is 11.6 Å². The Hall–Kier alpha value is -1.81. The van der Waals surface area contributed by atoms with E-state index in [1.54, 1.807) is 6.20 Å². The number of nitrogens with zero attached hydrogens (tertiary/aromatic N) is 2. The Morgan fingerprint density at radius 3 is 2.95 bits per heavy atom. The smallest absolute Gasteiger partial charge is 0.226 e. The van der Waals surface area contributed by atoms with Gasteiger partial charge < -0.3 is 9.47 Å². The molecule has 1 aliphatic rings. The number of rotatable bonds is 2. The molecule has 0 amide bonds. The first-order chi connectivity index (χ1) is 9.44. The minimum absolute atomic E-state index is 0.166. The SMILES string of the molecule is Cc1cnc(Cl)nc1Oc1cccc2c1OC(C)(C)C2. The van der Waals surface area contributed by atoms with E-state index in [0.29, 0.717) is 11.6 Å². The van der Waals surface area contributed by atoms with Crippen LogP contribution in [-0.2, 0) is 6.42 Å². The second-order valence-corrected chi connectivity index (χ2v) is 5.85. The van der Waals surface area contributed by atoms with Crippen LogP contribution in [0.4, 0.5) is 0 Å². The molecule has 1 aromatic carbocycles. The molecule has 20 heavy (non-hydrogen) atoms. The van der Waals surface area contributed by atoms with Gasteiger partial charge in [-0.3, -0.25) is 0 Å². The van der Waals surface area contributed by atoms with Crippen LogP contribution < -0.4 is 9.47 Å². The molecule has 0 fully saturated rings. The Labute approximate surface area is 122 Å². The predicted octanol–water partition coefficient (Wildman–Crippen LogP) is 3.94. The fourth-order valence-electron chi connectivity index (χ4n) is 2.28. The van der Waals surface area contributed by atoms with Gasteiger partial charge in [0, 0.05) is 23.7 Å². The highest BCUT2D eigenvalue weighted by Gasteiger charge is 2.32. The lowest BCUT2D eigenvalue weighted by Crippen LogP contribution is -2.24. The number of halogens is 1. The third-order valence-corrected chi connectivity index (χ3v) is 3.34. The number of benzene rings is 1. The van der Waals surface area contributed by atoms with Crippen LogP contribution >= 0.6 is 11.6 Å². The summed E-state index contributed by atoms with van der Waals surface area (Å²) in [6.07, 6.45) is 2.50. The third kappa shape index (κ3) is 2.43. The number of ether oxygens (including phenoxy) is 2. The molecule has 0 unspecified atom stereocenters. The van der Waals surface area contributed by atoms with E-state index in [2.05, 4.69) is 29.9 Å². The topological polar surface area (TPSA) is 44.2 Å². The van der Waals surface area contributed by atoms with Gasteiger partial charge in [-0.2, -0.15) is 4.98 Å². The van der Waals surface area contributed by atoms with E-state index < -0.39 is 0 Å². The third-order valence-electron chi connectivity index (χ3n) is 3.16. The molecule has 0 aliphatic carbocycles. The highest BCUT2D eigenvalue weighted by molar-refractivity contribution is 6.28. The number of para-hydroxylation sites is 1. The fraction of sp³-hybridized carbons (Fsp3) is 0.333. The van der Waals surface area contributed by atoms with Crippen LogP contribution in [-0.4, -0.2) is 15.6 Å². The number of aryl methyl sites for hydroxylation is 1. The normalized spacial score (nSPS) is 15.6. The Kier molecular flexibility index (Phi) is 3.05. The summed E-state index contributed by atoms with van der Waals surface area (Å²) < 4.78 is 11.8. The maximum absolute atomic E-state index is 5.97. The Morgan fingerprint density at radius 2 is 2.15 bits per heavy atom. The van der Waals surface area contributed by atoms with Gasteiger partial charge in [-0.15, -0.1) is 0 Å². The van der Waals surface area contributed by atoms with Gasteiger partial charge in [-0.05, 0) is 38.4 Å². The van der Waals surface area contributed by atoms with Gasteiger partial charge in [-0.25, -0.2) is 4.98 Å². The molecule has 3 rings (SSSR count). The zero-order valence-electron chi connectivity index (χ0n) is 11.6. The van der Waals surface area contributed by atoms with Crippen molar-refractivity contribution in [1.82, 2.24) is 9.97 Å². The molecule has 0 radical (unpaired) electrons. The van der Waals surface area contributed by atoms with Crippen molar-refractivity contribution in [2.45, 2.75) is 32.8 Å². The first kappa shape index (κ1) is 13.2. The average Bonchev–Trinajstić information content (AvgIpc) is 2.69. The maximum atomic E-state index is 5.97. The summed E-state index contributed by atoms with van der Waals surface area (Å²) in [5.41, 5.74) is 1.76. The monoisotopic (exact) mass is 290 g/mol. The molecular weight excluding hydrogens is 276 g/mol. The Morgan fingerprint density at radius 1 is 1.35 bits per heavy atom. The molecule has 0 atom stereocenters. The summed E-state index contributed by atoms with van der Waals surface area (Å²) in [5.74, 6) is 1.89. The van der Waals surface area contributed by atoms with E-state index in [4.69, 9.17) is 21.1 Å². The van der Waals surface area contributed by atoms with Crippen LogP contribution in [0.1, 0.15) is 25.0 Å². The molecule has 0 bridgehead atoms. The fourth-order valence-corrected chi connectivity index (χ4v) is 2.41. The molecule has 0 spiro atoms. The minimum atomic E-state index is -0.208. The van der Waals surface area contributed by atoms with Crippen LogP contribution in [0.3, 0.4) is 0 Å². The van der Waals surface area contributed by atoms with Gasteiger partial charge in [0.05, 0.1) is 0 Å². The molecule has 0 saturated carbocycles. The second kappa shape index (κ2) is 4.63. The van der Waals surface area contributed by atoms with Gasteiger partial charge >= 0.3 is 0 Å². The first-order valence-electron chi connectivity index (χ1n) is 6.42. The van der Waals surface area contributed by atoms with Crippen LogP contribution in [0, 0.1) is 6.92 Å². The maximum Gasteiger partial charge on any atom is 0.226 e. The van der Waals surface area contributed by atoms with E-state index in [0.717, 1.165) is 23.3 Å². The summed E-state index contributed by atoms with van der Waals surface area (Å²) in [6, 6.07) is 5.88. The minimum Gasteiger partial charge on any atom is -0.483 e. The summed E-state index contributed by atoms with van der Waals surface area (Å²) in [5, 5.41) is 0.166. The number of hydrogen-bond acceptors (Lipinski definition) is 4. The summed E-state index contributed by atoms with van der Waals surface area (Å²) in [6.45, 7) is 5.99. The van der Waals surface area contributed by atoms with Crippen molar-refractivity contribution in [1.29, 1.82) is 0 Å². The van der Waals surface area contributed by atoms with E-state index >= 15 is 0 Å². The average molecular weight is 291 g/mol. The van der Waals surface area contributed by atoms with Crippen molar-refractivity contribution in [2.75, 3.05) is 0 Å². The number of aromatic nitrogens is 2. The van der Waals surface area contributed by atoms with Crippen LogP contribution in [0.25, 0.3) is 0 Å². The quantitative estimate of drug-likeness (QED) is 0.786. The lowest BCUT2D eigenvalue weighted by molar-refractivity contribution is 0.135. The van der Waals surface area contributed by atoms with Gasteiger partial charge in [0.15, 0.2) is 11.5 Å². The van der Waals surface area contributed by atoms with Gasteiger partial charge in [-0.1, -0.05) is 12.1 Å². The van der Waals surface area contributed by atoms with Gasteiger partial charge in [0.1, 0.15) is 5.60 Å². The van der Waals surface area contributed by atoms with Crippen LogP contribution in [0.15, 0.2) is 24.4 Å². The molecule has 2 aromatic rings. The number of fused-ring (bicyclic) bond motifs is 1. The zero-order valence-corrected chi connectivity index (χ0v) is 12.4. The van der Waals surface area contributed by atoms with Crippen molar-refractivity contribution in [3.05, 3.63) is 40.8 Å². The van der Waals surface area contributed by atoms with E-state index in [-0.39, 0.29) is 10.9 Å². The number of hydrogen-bond donors (Lipinski definition) is 0. The van der Waals surface area contributed by atoms with Gasteiger partial charge in [0.25, 0.3) is 0 Å². The summed E-state index contributed by atoms with van der Waals surface area (Å²) in [7, 11) is 0. The van der Waals surface area contributed by atoms with Crippen LogP contribution in [0.5, 0.6) is 17.4 Å². The molecule has 0 N–H and O–H groups in total. The molecule has 1 aromatic heterocycles. The van der Waals surface area contributed by atoms with Crippen molar-refractivity contribution < 1.29 is 9.47 Å². The lowest BCUT2D eigenvalue weighted by atomic mass is 10.0. The summed E-state index contributed by atoms with van der Waals surface area (Å²) in [4.78, 5) is 8.03. The van der Waals surface area contributed by atoms with Crippen molar-refractivity contribution in [3.8, 4) is 17.4 Å². The molecular formula is C15H15ClN2O2. The second-order valence-electron chi connectivity index (χ2n) is 5.51.